The molecule has 5 rings (SSSR count). The standard InChI is InChI=1S/C20H35N/c1-14(21-18-4-6-19(2,3)7-5-18)20-11-15-8-16(12-20)10-17(9-15)13-20/h14-18,21H,4-13H2,1-3H3. The Balaban J connectivity index is 1.40. The van der Waals surface area contributed by atoms with E-state index in [1.165, 1.54) is 25.7 Å². The highest BCUT2D eigenvalue weighted by molar-refractivity contribution is 5.05. The molecule has 0 aromatic carbocycles. The van der Waals surface area contributed by atoms with Crippen LogP contribution in [0.4, 0.5) is 0 Å². The summed E-state index contributed by atoms with van der Waals surface area (Å²) in [6.07, 6.45) is 15.0. The van der Waals surface area contributed by atoms with Crippen molar-refractivity contribution in [2.24, 2.45) is 28.6 Å². The fourth-order valence-corrected chi connectivity index (χ4v) is 6.80. The SMILES string of the molecule is CC(NC1CCC(C)(C)CC1)C12CC3CC(CC(C3)C1)C2. The number of rotatable bonds is 3. The fraction of sp³-hybridized carbons (Fsp3) is 1.00. The van der Waals surface area contributed by atoms with Gasteiger partial charge in [0.05, 0.1) is 0 Å². The lowest BCUT2D eigenvalue weighted by molar-refractivity contribution is -0.0732. The summed E-state index contributed by atoms with van der Waals surface area (Å²) >= 11 is 0. The van der Waals surface area contributed by atoms with Crippen LogP contribution >= 0.6 is 0 Å². The van der Waals surface area contributed by atoms with Crippen molar-refractivity contribution in [3.8, 4) is 0 Å². The van der Waals surface area contributed by atoms with Crippen molar-refractivity contribution in [2.45, 2.75) is 97.1 Å². The Morgan fingerprint density at radius 2 is 1.33 bits per heavy atom. The minimum Gasteiger partial charge on any atom is -0.311 e. The van der Waals surface area contributed by atoms with E-state index in [9.17, 15) is 0 Å². The van der Waals surface area contributed by atoms with Gasteiger partial charge in [-0.05, 0) is 99.7 Å². The summed E-state index contributed by atoms with van der Waals surface area (Å²) in [7, 11) is 0. The molecule has 1 heteroatoms. The van der Waals surface area contributed by atoms with Crippen LogP contribution in [0.1, 0.15) is 85.0 Å². The van der Waals surface area contributed by atoms with Gasteiger partial charge in [-0.1, -0.05) is 13.8 Å². The van der Waals surface area contributed by atoms with Gasteiger partial charge in [0, 0.05) is 12.1 Å². The fourth-order valence-electron chi connectivity index (χ4n) is 6.80. The Hall–Kier alpha value is -0.0400. The summed E-state index contributed by atoms with van der Waals surface area (Å²) in [4.78, 5) is 0. The predicted molar refractivity (Wildman–Crippen MR) is 89.2 cm³/mol. The molecule has 21 heavy (non-hydrogen) atoms. The first kappa shape index (κ1) is 14.5. The molecule has 5 aliphatic rings. The summed E-state index contributed by atoms with van der Waals surface area (Å²) in [6.45, 7) is 7.43. The molecule has 0 aromatic heterocycles. The lowest BCUT2D eigenvalue weighted by atomic mass is 9.48. The van der Waals surface area contributed by atoms with E-state index >= 15 is 0 Å². The van der Waals surface area contributed by atoms with Crippen LogP contribution in [-0.2, 0) is 0 Å². The molecule has 1 atom stereocenters. The van der Waals surface area contributed by atoms with E-state index in [0.717, 1.165) is 29.8 Å². The summed E-state index contributed by atoms with van der Waals surface area (Å²) < 4.78 is 0. The summed E-state index contributed by atoms with van der Waals surface area (Å²) in [6, 6.07) is 1.57. The average molecular weight is 290 g/mol. The molecule has 1 unspecified atom stereocenters. The van der Waals surface area contributed by atoms with E-state index < -0.39 is 0 Å². The Morgan fingerprint density at radius 1 is 0.857 bits per heavy atom. The third kappa shape index (κ3) is 2.69. The quantitative estimate of drug-likeness (QED) is 0.757. The second-order valence-electron chi connectivity index (χ2n) is 10.1. The first-order valence-corrected chi connectivity index (χ1v) is 9.70. The second-order valence-corrected chi connectivity index (χ2v) is 10.1. The van der Waals surface area contributed by atoms with Crippen molar-refractivity contribution in [3.05, 3.63) is 0 Å². The normalized spacial score (nSPS) is 46.7. The molecule has 5 saturated carbocycles. The summed E-state index contributed by atoms with van der Waals surface area (Å²) in [5.41, 5.74) is 1.28. The van der Waals surface area contributed by atoms with Crippen LogP contribution < -0.4 is 5.32 Å². The minimum absolute atomic E-state index is 0.599. The van der Waals surface area contributed by atoms with Gasteiger partial charge < -0.3 is 5.32 Å². The zero-order chi connectivity index (χ0) is 14.7. The minimum atomic E-state index is 0.599. The maximum absolute atomic E-state index is 4.11. The molecule has 1 N–H and O–H groups in total. The van der Waals surface area contributed by atoms with E-state index in [4.69, 9.17) is 0 Å². The van der Waals surface area contributed by atoms with E-state index in [0.29, 0.717) is 10.8 Å². The first-order chi connectivity index (χ1) is 9.94. The molecule has 5 aliphatic carbocycles. The van der Waals surface area contributed by atoms with Crippen molar-refractivity contribution in [3.63, 3.8) is 0 Å². The Bertz CT molecular complexity index is 351. The van der Waals surface area contributed by atoms with Gasteiger partial charge in [-0.15, -0.1) is 0 Å². The molecule has 1 nitrogen and oxygen atoms in total. The zero-order valence-electron chi connectivity index (χ0n) is 14.5. The second kappa shape index (κ2) is 4.98. The summed E-state index contributed by atoms with van der Waals surface area (Å²) in [5.74, 6) is 3.27. The van der Waals surface area contributed by atoms with Crippen LogP contribution in [0.5, 0.6) is 0 Å². The molecule has 0 aromatic rings. The number of hydrogen-bond acceptors (Lipinski definition) is 1. The number of nitrogens with one attached hydrogen (secondary N) is 1. The Labute approximate surface area is 131 Å². The van der Waals surface area contributed by atoms with Crippen LogP contribution in [0.2, 0.25) is 0 Å². The molecule has 0 radical (unpaired) electrons. The summed E-state index contributed by atoms with van der Waals surface area (Å²) in [5, 5.41) is 4.11. The van der Waals surface area contributed by atoms with Crippen molar-refractivity contribution in [1.82, 2.24) is 5.32 Å². The molecule has 5 fully saturated rings. The van der Waals surface area contributed by atoms with Gasteiger partial charge in [-0.2, -0.15) is 0 Å². The molecular weight excluding hydrogens is 254 g/mol. The van der Waals surface area contributed by atoms with Crippen molar-refractivity contribution >= 4 is 0 Å². The van der Waals surface area contributed by atoms with Gasteiger partial charge in [-0.3, -0.25) is 0 Å². The van der Waals surface area contributed by atoms with Crippen LogP contribution in [-0.4, -0.2) is 12.1 Å². The number of hydrogen-bond donors (Lipinski definition) is 1. The van der Waals surface area contributed by atoms with E-state index in [1.807, 2.05) is 0 Å². The van der Waals surface area contributed by atoms with E-state index in [1.54, 1.807) is 38.5 Å². The lowest BCUT2D eigenvalue weighted by Crippen LogP contribution is -2.56. The maximum atomic E-state index is 4.11. The van der Waals surface area contributed by atoms with Crippen LogP contribution in [0, 0.1) is 28.6 Å². The molecule has 0 heterocycles. The Kier molecular flexibility index (Phi) is 3.45. The third-order valence-corrected chi connectivity index (χ3v) is 7.83. The molecule has 4 bridgehead atoms. The molecule has 0 spiro atoms. The van der Waals surface area contributed by atoms with Crippen molar-refractivity contribution in [2.75, 3.05) is 0 Å². The molecule has 0 aliphatic heterocycles. The molecule has 120 valence electrons. The maximum Gasteiger partial charge on any atom is 0.00980 e. The highest BCUT2D eigenvalue weighted by atomic mass is 15.0. The van der Waals surface area contributed by atoms with Gasteiger partial charge in [0.15, 0.2) is 0 Å². The van der Waals surface area contributed by atoms with Gasteiger partial charge in [-0.25, -0.2) is 0 Å². The predicted octanol–water partition coefficient (Wildman–Crippen LogP) is 5.15. The monoisotopic (exact) mass is 289 g/mol. The van der Waals surface area contributed by atoms with Crippen LogP contribution in [0.3, 0.4) is 0 Å². The van der Waals surface area contributed by atoms with E-state index in [-0.39, 0.29) is 0 Å². The zero-order valence-corrected chi connectivity index (χ0v) is 14.5. The first-order valence-electron chi connectivity index (χ1n) is 9.70. The molecule has 0 saturated heterocycles. The van der Waals surface area contributed by atoms with Gasteiger partial charge in [0.2, 0.25) is 0 Å². The van der Waals surface area contributed by atoms with Gasteiger partial charge in [0.25, 0.3) is 0 Å². The third-order valence-electron chi connectivity index (χ3n) is 7.83. The van der Waals surface area contributed by atoms with Gasteiger partial charge >= 0.3 is 0 Å². The average Bonchev–Trinajstić information content (AvgIpc) is 2.39. The van der Waals surface area contributed by atoms with Gasteiger partial charge in [0.1, 0.15) is 0 Å². The largest absolute Gasteiger partial charge is 0.311 e. The topological polar surface area (TPSA) is 12.0 Å². The highest BCUT2D eigenvalue weighted by Gasteiger charge is 2.53. The van der Waals surface area contributed by atoms with E-state index in [2.05, 4.69) is 26.1 Å². The lowest BCUT2D eigenvalue weighted by Gasteiger charge is -2.59. The van der Waals surface area contributed by atoms with Crippen molar-refractivity contribution in [1.29, 1.82) is 0 Å². The molecule has 0 amide bonds. The Morgan fingerprint density at radius 3 is 1.81 bits per heavy atom. The molecular formula is C20H35N. The van der Waals surface area contributed by atoms with Crippen molar-refractivity contribution < 1.29 is 0 Å². The van der Waals surface area contributed by atoms with Crippen LogP contribution in [0.25, 0.3) is 0 Å². The smallest absolute Gasteiger partial charge is 0.00980 e. The van der Waals surface area contributed by atoms with Crippen LogP contribution in [0.15, 0.2) is 0 Å². The highest BCUT2D eigenvalue weighted by Crippen LogP contribution is 2.61.